The molecule has 0 atom stereocenters. The minimum absolute atomic E-state index is 0.177. The highest BCUT2D eigenvalue weighted by Crippen LogP contribution is 2.28. The Kier molecular flexibility index (Phi) is 9.41. The van der Waals surface area contributed by atoms with Gasteiger partial charge in [0.05, 0.1) is 27.2 Å². The molecule has 0 heterocycles. The highest BCUT2D eigenvalue weighted by Gasteiger charge is 2.09. The van der Waals surface area contributed by atoms with Gasteiger partial charge in [0.1, 0.15) is 5.75 Å². The molecule has 2 rings (SSSR count). The molecule has 0 unspecified atom stereocenters. The third kappa shape index (κ3) is 7.91. The van der Waals surface area contributed by atoms with Crippen molar-refractivity contribution in [1.82, 2.24) is 10.6 Å². The molecule has 0 aliphatic carbocycles. The summed E-state index contributed by atoms with van der Waals surface area (Å²) in [5.74, 6) is 2.55. The van der Waals surface area contributed by atoms with Gasteiger partial charge < -0.3 is 24.8 Å². The molecule has 0 saturated heterocycles. The molecule has 0 bridgehead atoms. The molecule has 30 heavy (non-hydrogen) atoms. The molecule has 0 radical (unpaired) electrons. The van der Waals surface area contributed by atoms with Crippen LogP contribution in [0.15, 0.2) is 42.5 Å². The number of hydrogen-bond acceptors (Lipinski definition) is 5. The summed E-state index contributed by atoms with van der Waals surface area (Å²) in [6.45, 7) is 5.43. The maximum atomic E-state index is 12.2. The summed E-state index contributed by atoms with van der Waals surface area (Å²) in [6.07, 6.45) is 1.22. The molecule has 0 saturated carbocycles. The van der Waals surface area contributed by atoms with Crippen molar-refractivity contribution in [3.05, 3.63) is 53.6 Å². The lowest BCUT2D eigenvalue weighted by Crippen LogP contribution is -2.39. The Labute approximate surface area is 183 Å². The number of carbonyl (C=O) groups is 1. The Hall–Kier alpha value is -2.80. The van der Waals surface area contributed by atoms with Crippen molar-refractivity contribution in [1.29, 1.82) is 0 Å². The molecule has 2 aromatic rings. The normalized spacial score (nSPS) is 10.4. The van der Waals surface area contributed by atoms with Crippen molar-refractivity contribution in [3.8, 4) is 17.2 Å². The Balaban J connectivity index is 1.82. The van der Waals surface area contributed by atoms with E-state index in [1.807, 2.05) is 42.5 Å². The third-order valence-electron chi connectivity index (χ3n) is 4.41. The van der Waals surface area contributed by atoms with Crippen LogP contribution in [0, 0.1) is 5.92 Å². The molecule has 0 fully saturated rings. The highest BCUT2D eigenvalue weighted by atomic mass is 32.1. The van der Waals surface area contributed by atoms with Crippen molar-refractivity contribution in [2.45, 2.75) is 33.2 Å². The number of carbonyl (C=O) groups excluding carboxylic acids is 1. The van der Waals surface area contributed by atoms with Crippen LogP contribution >= 0.6 is 12.2 Å². The van der Waals surface area contributed by atoms with Gasteiger partial charge in [0, 0.05) is 6.54 Å². The zero-order valence-corrected chi connectivity index (χ0v) is 18.8. The van der Waals surface area contributed by atoms with Gasteiger partial charge in [-0.2, -0.15) is 0 Å². The van der Waals surface area contributed by atoms with Crippen molar-refractivity contribution >= 4 is 23.2 Å². The fourth-order valence-corrected chi connectivity index (χ4v) is 2.86. The fourth-order valence-electron chi connectivity index (χ4n) is 2.67. The zero-order valence-electron chi connectivity index (χ0n) is 18.0. The van der Waals surface area contributed by atoms with Crippen LogP contribution in [0.4, 0.5) is 0 Å². The predicted octanol–water partition coefficient (Wildman–Crippen LogP) is 3.86. The van der Waals surface area contributed by atoms with E-state index in [1.165, 1.54) is 0 Å². The van der Waals surface area contributed by atoms with E-state index in [9.17, 15) is 4.79 Å². The van der Waals surface area contributed by atoms with E-state index in [2.05, 4.69) is 24.5 Å². The van der Waals surface area contributed by atoms with E-state index in [4.69, 9.17) is 26.4 Å². The van der Waals surface area contributed by atoms with Crippen molar-refractivity contribution in [3.63, 3.8) is 0 Å². The highest BCUT2D eigenvalue weighted by molar-refractivity contribution is 7.80. The van der Waals surface area contributed by atoms with Gasteiger partial charge in [-0.05, 0) is 59.9 Å². The van der Waals surface area contributed by atoms with E-state index in [1.54, 1.807) is 14.2 Å². The van der Waals surface area contributed by atoms with E-state index >= 15 is 0 Å². The second-order valence-electron chi connectivity index (χ2n) is 7.27. The predicted molar refractivity (Wildman–Crippen MR) is 122 cm³/mol. The quantitative estimate of drug-likeness (QED) is 0.558. The summed E-state index contributed by atoms with van der Waals surface area (Å²) in [6, 6.07) is 13.1. The molecule has 0 aliphatic rings. The number of hydrogen-bond donors (Lipinski definition) is 2. The maximum absolute atomic E-state index is 12.2. The van der Waals surface area contributed by atoms with Gasteiger partial charge in [0.2, 0.25) is 5.91 Å². The molecule has 0 spiro atoms. The van der Waals surface area contributed by atoms with Gasteiger partial charge in [-0.3, -0.25) is 4.79 Å². The van der Waals surface area contributed by atoms with Gasteiger partial charge in [0.15, 0.2) is 16.6 Å². The molecule has 2 N–H and O–H groups in total. The van der Waals surface area contributed by atoms with E-state index < -0.39 is 0 Å². The number of amides is 1. The SMILES string of the molecule is COc1ccc(CC(=O)NC(=S)NCc2ccc(OCCC(C)C)c(OC)c2)cc1. The standard InChI is InChI=1S/C23H30N2O4S/c1-16(2)11-12-29-20-10-7-18(13-21(20)28-4)15-24-23(30)25-22(26)14-17-5-8-19(27-3)9-6-17/h5-10,13,16H,11-12,14-15H2,1-4H3,(H2,24,25,26,30). The number of benzene rings is 2. The molecule has 2 aromatic carbocycles. The van der Waals surface area contributed by atoms with Gasteiger partial charge in [-0.1, -0.05) is 32.0 Å². The van der Waals surface area contributed by atoms with Gasteiger partial charge in [-0.25, -0.2) is 0 Å². The van der Waals surface area contributed by atoms with E-state index in [0.29, 0.717) is 24.8 Å². The van der Waals surface area contributed by atoms with Crippen LogP contribution < -0.4 is 24.8 Å². The van der Waals surface area contributed by atoms with Gasteiger partial charge >= 0.3 is 0 Å². The average Bonchev–Trinajstić information content (AvgIpc) is 2.73. The number of rotatable bonds is 10. The Morgan fingerprint density at radius 1 is 1.00 bits per heavy atom. The van der Waals surface area contributed by atoms with Crippen LogP contribution in [0.3, 0.4) is 0 Å². The van der Waals surface area contributed by atoms with Crippen LogP contribution in [-0.2, 0) is 17.8 Å². The molecule has 162 valence electrons. The molecule has 7 heteroatoms. The molecular formula is C23H30N2O4S. The van der Waals surface area contributed by atoms with Crippen LogP contribution in [0.1, 0.15) is 31.4 Å². The summed E-state index contributed by atoms with van der Waals surface area (Å²) in [7, 11) is 3.22. The Morgan fingerprint density at radius 2 is 1.70 bits per heavy atom. The summed E-state index contributed by atoms with van der Waals surface area (Å²) >= 11 is 5.23. The minimum Gasteiger partial charge on any atom is -0.497 e. The first-order valence-electron chi connectivity index (χ1n) is 9.91. The zero-order chi connectivity index (χ0) is 21.9. The van der Waals surface area contributed by atoms with Crippen LogP contribution in [-0.4, -0.2) is 31.8 Å². The lowest BCUT2D eigenvalue weighted by Gasteiger charge is -2.14. The first-order chi connectivity index (χ1) is 14.4. The van der Waals surface area contributed by atoms with E-state index in [-0.39, 0.29) is 17.4 Å². The lowest BCUT2D eigenvalue weighted by molar-refractivity contribution is -0.119. The molecule has 6 nitrogen and oxygen atoms in total. The summed E-state index contributed by atoms with van der Waals surface area (Å²) in [5.41, 5.74) is 1.85. The summed E-state index contributed by atoms with van der Waals surface area (Å²) in [4.78, 5) is 12.2. The maximum Gasteiger partial charge on any atom is 0.230 e. The molecule has 1 amide bonds. The average molecular weight is 431 g/mol. The van der Waals surface area contributed by atoms with Crippen LogP contribution in [0.5, 0.6) is 17.2 Å². The summed E-state index contributed by atoms with van der Waals surface area (Å²) in [5, 5.41) is 6.03. The molecular weight excluding hydrogens is 400 g/mol. The topological polar surface area (TPSA) is 68.8 Å². The number of nitrogens with one attached hydrogen (secondary N) is 2. The van der Waals surface area contributed by atoms with Gasteiger partial charge in [0.25, 0.3) is 0 Å². The summed E-state index contributed by atoms with van der Waals surface area (Å²) < 4.78 is 16.4. The van der Waals surface area contributed by atoms with Crippen molar-refractivity contribution in [2.75, 3.05) is 20.8 Å². The van der Waals surface area contributed by atoms with Crippen LogP contribution in [0.2, 0.25) is 0 Å². The van der Waals surface area contributed by atoms with Crippen molar-refractivity contribution < 1.29 is 19.0 Å². The lowest BCUT2D eigenvalue weighted by atomic mass is 10.1. The number of ether oxygens (including phenoxy) is 3. The second-order valence-corrected chi connectivity index (χ2v) is 7.68. The second kappa shape index (κ2) is 12.0. The first-order valence-corrected chi connectivity index (χ1v) is 10.3. The number of thiocarbonyl (C=S) groups is 1. The smallest absolute Gasteiger partial charge is 0.230 e. The van der Waals surface area contributed by atoms with Crippen molar-refractivity contribution in [2.24, 2.45) is 5.92 Å². The Morgan fingerprint density at radius 3 is 2.33 bits per heavy atom. The third-order valence-corrected chi connectivity index (χ3v) is 4.66. The largest absolute Gasteiger partial charge is 0.497 e. The minimum atomic E-state index is -0.177. The number of methoxy groups -OCH3 is 2. The van der Waals surface area contributed by atoms with Crippen LogP contribution in [0.25, 0.3) is 0 Å². The Bertz CT molecular complexity index is 838. The molecule has 0 aliphatic heterocycles. The fraction of sp³-hybridized carbons (Fsp3) is 0.391. The first kappa shape index (κ1) is 23.5. The molecule has 0 aromatic heterocycles. The monoisotopic (exact) mass is 430 g/mol. The van der Waals surface area contributed by atoms with Gasteiger partial charge in [-0.15, -0.1) is 0 Å². The van der Waals surface area contributed by atoms with E-state index in [0.717, 1.165) is 29.0 Å².